The van der Waals surface area contributed by atoms with Crippen LogP contribution in [0.25, 0.3) is 0 Å². The Kier molecular flexibility index (Phi) is 16.3. The van der Waals surface area contributed by atoms with Crippen molar-refractivity contribution < 1.29 is 22.2 Å². The Morgan fingerprint density at radius 2 is 0.881 bits per heavy atom. The van der Waals surface area contributed by atoms with Crippen LogP contribution in [0.4, 0.5) is 0 Å². The van der Waals surface area contributed by atoms with Gasteiger partial charge in [0.1, 0.15) is 0 Å². The number of benzene rings is 4. The first kappa shape index (κ1) is 36.4. The first-order valence-corrected chi connectivity index (χ1v) is 17.5. The van der Waals surface area contributed by atoms with Crippen molar-refractivity contribution in [2.45, 2.75) is 69.3 Å². The maximum atomic E-state index is 10.2. The molecule has 4 heteroatoms. The monoisotopic (exact) mass is 638 g/mol. The number of hydrogen-bond donors (Lipinski definition) is 1. The maximum absolute atomic E-state index is 10.2. The van der Waals surface area contributed by atoms with Crippen LogP contribution in [-0.2, 0) is 17.1 Å². The third-order valence-corrected chi connectivity index (χ3v) is 14.3. The van der Waals surface area contributed by atoms with Gasteiger partial charge in [0, 0.05) is 0 Å². The second kappa shape index (κ2) is 18.8. The SMILES string of the molecule is C[C@@H](O)C1CCCC1P(c1ccccc1)c1ccccc1.[CH3-].[CH3-].[Fe+2].c1ccc(P(c2ccccc2)C2CCCC2)cc1. The fraction of sp³-hybridized carbons (Fsp3) is 0.316. The standard InChI is InChI=1S/C19H23OP.C17H19P.2CH3.Fe/c1-15(20)18-13-8-14-19(18)21(16-9-4-2-5-10-16)17-11-6-3-7-12-17;1-3-9-15(10-4-1)18(17-13-7-8-14-17)16-11-5-2-6-12-16;;;/h2-7,9-12,15,18-20H,8,13-14H2,1H3;1-6,9-12,17H,7-8,13-14H2;2*1H3;/q;;2*-1;+2/t15-,18?,19?;;;;/m1..../s1. The van der Waals surface area contributed by atoms with E-state index in [1.54, 1.807) is 10.6 Å². The summed E-state index contributed by atoms with van der Waals surface area (Å²) in [6.07, 6.45) is 9.12. The van der Waals surface area contributed by atoms with Crippen LogP contribution in [-0.4, -0.2) is 22.5 Å². The normalized spacial score (nSPS) is 18.7. The summed E-state index contributed by atoms with van der Waals surface area (Å²) >= 11 is 0. The molecule has 42 heavy (non-hydrogen) atoms. The third-order valence-electron chi connectivity index (χ3n) is 8.31. The van der Waals surface area contributed by atoms with E-state index in [9.17, 15) is 5.11 Å². The summed E-state index contributed by atoms with van der Waals surface area (Å²) in [7, 11) is -0.536. The summed E-state index contributed by atoms with van der Waals surface area (Å²) in [5, 5.41) is 16.2. The molecule has 0 bridgehead atoms. The van der Waals surface area contributed by atoms with Gasteiger partial charge in [-0.1, -0.05) is 141 Å². The molecule has 0 amide bonds. The molecule has 1 nitrogen and oxygen atoms in total. The van der Waals surface area contributed by atoms with Crippen molar-refractivity contribution in [1.29, 1.82) is 0 Å². The van der Waals surface area contributed by atoms with Gasteiger partial charge in [-0.25, -0.2) is 0 Å². The van der Waals surface area contributed by atoms with Gasteiger partial charge in [-0.15, -0.1) is 0 Å². The zero-order chi connectivity index (χ0) is 26.9. The molecule has 1 N–H and O–H groups in total. The number of aliphatic hydroxyl groups excluding tert-OH is 1. The van der Waals surface area contributed by atoms with E-state index in [-0.39, 0.29) is 53.9 Å². The smallest absolute Gasteiger partial charge is 0.393 e. The molecule has 6 rings (SSSR count). The first-order valence-electron chi connectivity index (χ1n) is 14.7. The first-order chi connectivity index (χ1) is 19.2. The van der Waals surface area contributed by atoms with Gasteiger partial charge in [-0.05, 0) is 86.9 Å². The average Bonchev–Trinajstić information content (AvgIpc) is 3.70. The van der Waals surface area contributed by atoms with Gasteiger partial charge >= 0.3 is 17.1 Å². The zero-order valence-corrected chi connectivity index (χ0v) is 28.4. The number of rotatable bonds is 7. The van der Waals surface area contributed by atoms with E-state index in [1.807, 2.05) is 6.92 Å². The Bertz CT molecular complexity index is 1150. The van der Waals surface area contributed by atoms with Gasteiger partial charge in [0.2, 0.25) is 0 Å². The topological polar surface area (TPSA) is 20.2 Å². The molecule has 3 atom stereocenters. The van der Waals surface area contributed by atoms with E-state index in [2.05, 4.69) is 121 Å². The third kappa shape index (κ3) is 9.36. The number of hydrogen-bond acceptors (Lipinski definition) is 1. The molecule has 2 fully saturated rings. The van der Waals surface area contributed by atoms with Crippen LogP contribution in [0.15, 0.2) is 121 Å². The van der Waals surface area contributed by atoms with Gasteiger partial charge in [-0.3, -0.25) is 0 Å². The van der Waals surface area contributed by atoms with Crippen molar-refractivity contribution in [2.75, 3.05) is 0 Å². The molecule has 2 saturated carbocycles. The fourth-order valence-corrected chi connectivity index (χ4v) is 12.8. The molecule has 2 aliphatic carbocycles. The molecule has 0 heterocycles. The van der Waals surface area contributed by atoms with Crippen LogP contribution in [0, 0.1) is 20.8 Å². The minimum Gasteiger partial charge on any atom is -0.393 e. The van der Waals surface area contributed by atoms with E-state index < -0.39 is 0 Å². The fourth-order valence-electron chi connectivity index (χ4n) is 6.47. The predicted octanol–water partition coefficient (Wildman–Crippen LogP) is 8.63. The Balaban J connectivity index is 0.000000276. The Morgan fingerprint density at radius 3 is 1.24 bits per heavy atom. The molecule has 4 aromatic carbocycles. The molecular formula is C38H48FeOP2. The summed E-state index contributed by atoms with van der Waals surface area (Å²) in [4.78, 5) is 0. The molecule has 4 aromatic rings. The van der Waals surface area contributed by atoms with Gasteiger partial charge in [0.15, 0.2) is 0 Å². The average molecular weight is 639 g/mol. The minimum absolute atomic E-state index is 0. The molecule has 2 aliphatic rings. The van der Waals surface area contributed by atoms with E-state index in [4.69, 9.17) is 0 Å². The van der Waals surface area contributed by atoms with Crippen LogP contribution < -0.4 is 21.2 Å². The quantitative estimate of drug-likeness (QED) is 0.122. The molecular weight excluding hydrogens is 590 g/mol. The van der Waals surface area contributed by atoms with Gasteiger partial charge in [-0.2, -0.15) is 0 Å². The molecule has 0 aromatic heterocycles. The van der Waals surface area contributed by atoms with Crippen LogP contribution >= 0.6 is 15.8 Å². The van der Waals surface area contributed by atoms with Crippen molar-refractivity contribution in [1.82, 2.24) is 0 Å². The van der Waals surface area contributed by atoms with Crippen LogP contribution in [0.2, 0.25) is 0 Å². The summed E-state index contributed by atoms with van der Waals surface area (Å²) < 4.78 is 0. The largest absolute Gasteiger partial charge is 2.00 e. The molecule has 2 unspecified atom stereocenters. The van der Waals surface area contributed by atoms with Gasteiger partial charge < -0.3 is 20.0 Å². The Hall–Kier alpha value is -1.78. The molecule has 224 valence electrons. The van der Waals surface area contributed by atoms with Crippen molar-refractivity contribution in [3.8, 4) is 0 Å². The Labute approximate surface area is 269 Å². The second-order valence-electron chi connectivity index (χ2n) is 10.9. The molecule has 0 aliphatic heterocycles. The van der Waals surface area contributed by atoms with E-state index >= 15 is 0 Å². The minimum atomic E-state index is -0.384. The van der Waals surface area contributed by atoms with Crippen LogP contribution in [0.3, 0.4) is 0 Å². The molecule has 0 spiro atoms. The van der Waals surface area contributed by atoms with Crippen LogP contribution in [0.5, 0.6) is 0 Å². The van der Waals surface area contributed by atoms with E-state index in [0.29, 0.717) is 11.6 Å². The second-order valence-corrected chi connectivity index (χ2v) is 15.9. The van der Waals surface area contributed by atoms with Gasteiger partial charge in [0.25, 0.3) is 0 Å². The summed E-state index contributed by atoms with van der Waals surface area (Å²) in [5.41, 5.74) is 1.49. The van der Waals surface area contributed by atoms with Crippen molar-refractivity contribution >= 4 is 37.1 Å². The summed E-state index contributed by atoms with van der Waals surface area (Å²) in [5.74, 6) is 0.441. The number of aliphatic hydroxyl groups is 1. The van der Waals surface area contributed by atoms with Crippen molar-refractivity contribution in [3.63, 3.8) is 0 Å². The zero-order valence-electron chi connectivity index (χ0n) is 25.5. The molecule has 0 saturated heterocycles. The summed E-state index contributed by atoms with van der Waals surface area (Å²) in [6, 6.07) is 44.0. The summed E-state index contributed by atoms with van der Waals surface area (Å²) in [6.45, 7) is 1.96. The van der Waals surface area contributed by atoms with Crippen LogP contribution in [0.1, 0.15) is 51.9 Å². The Morgan fingerprint density at radius 1 is 0.524 bits per heavy atom. The van der Waals surface area contributed by atoms with Crippen molar-refractivity contribution in [3.05, 3.63) is 136 Å². The van der Waals surface area contributed by atoms with Crippen molar-refractivity contribution in [2.24, 2.45) is 5.92 Å². The maximum Gasteiger partial charge on any atom is 2.00 e. The van der Waals surface area contributed by atoms with E-state index in [0.717, 1.165) is 5.66 Å². The molecule has 0 radical (unpaired) electrons. The van der Waals surface area contributed by atoms with Gasteiger partial charge in [0.05, 0.1) is 6.10 Å². The van der Waals surface area contributed by atoms with E-state index in [1.165, 1.54) is 55.6 Å². The predicted molar refractivity (Wildman–Crippen MR) is 186 cm³/mol.